The molecule has 1 heterocycles. The summed E-state index contributed by atoms with van der Waals surface area (Å²) in [4.78, 5) is 23.0. The Kier molecular flexibility index (Phi) is 3.33. The molecule has 0 bridgehead atoms. The minimum absolute atomic E-state index is 0.514. The van der Waals surface area contributed by atoms with Gasteiger partial charge in [0.05, 0.1) is 5.56 Å². The molecule has 86 valence electrons. The van der Waals surface area contributed by atoms with E-state index in [0.29, 0.717) is 6.20 Å². The van der Waals surface area contributed by atoms with E-state index >= 15 is 0 Å². The number of alkyl halides is 2. The Morgan fingerprint density at radius 3 is 2.56 bits per heavy atom. The van der Waals surface area contributed by atoms with Crippen LogP contribution in [0.1, 0.15) is 22.3 Å². The van der Waals surface area contributed by atoms with Crippen LogP contribution in [0.4, 0.5) is 14.6 Å². The summed E-state index contributed by atoms with van der Waals surface area (Å²) in [5.41, 5.74) is -2.29. The van der Waals surface area contributed by atoms with Gasteiger partial charge in [0.15, 0.2) is 11.9 Å². The first-order chi connectivity index (χ1) is 7.36. The molecule has 0 aliphatic rings. The average Bonchev–Trinajstić information content (AvgIpc) is 2.15. The Labute approximate surface area is 91.6 Å². The molecule has 0 saturated carbocycles. The Morgan fingerprint density at radius 1 is 1.62 bits per heavy atom. The Hall–Kier alpha value is -1.83. The molecule has 0 unspecified atom stereocenters. The fourth-order valence-electron chi connectivity index (χ4n) is 1.06. The van der Waals surface area contributed by atoms with E-state index in [4.69, 9.17) is 16.7 Å². The maximum absolute atomic E-state index is 12.5. The molecule has 0 aromatic carbocycles. The molecule has 6 nitrogen and oxygen atoms in total. The molecular weight excluding hydrogens is 250 g/mol. The molecule has 0 aliphatic carbocycles. The van der Waals surface area contributed by atoms with Crippen molar-refractivity contribution in [3.05, 3.63) is 27.4 Å². The van der Waals surface area contributed by atoms with E-state index in [9.17, 15) is 23.7 Å². The topological polar surface area (TPSA) is 93.3 Å². The lowest BCUT2D eigenvalue weighted by Crippen LogP contribution is -2.06. The van der Waals surface area contributed by atoms with Crippen LogP contribution in [0.3, 0.4) is 0 Å². The Balaban J connectivity index is 3.63. The largest absolute Gasteiger partial charge is 0.504 e. The number of pyridine rings is 1. The van der Waals surface area contributed by atoms with Crippen molar-refractivity contribution in [2.24, 2.45) is 0 Å². The van der Waals surface area contributed by atoms with E-state index in [2.05, 4.69) is 4.98 Å². The summed E-state index contributed by atoms with van der Waals surface area (Å²) >= 11 is 4.95. The van der Waals surface area contributed by atoms with Crippen LogP contribution >= 0.6 is 11.6 Å². The first-order valence-corrected chi connectivity index (χ1v) is 4.08. The monoisotopic (exact) mass is 252 g/mol. The van der Waals surface area contributed by atoms with Gasteiger partial charge in [-0.3, -0.25) is 4.79 Å². The number of nitro groups is 1. The van der Waals surface area contributed by atoms with Crippen LogP contribution in [-0.2, 0) is 0 Å². The smallest absolute Gasteiger partial charge is 0.373 e. The Morgan fingerprint density at radius 2 is 2.19 bits per heavy atom. The van der Waals surface area contributed by atoms with Crippen LogP contribution in [0.2, 0.25) is 0 Å². The molecule has 0 radical (unpaired) electrons. The van der Waals surface area contributed by atoms with Gasteiger partial charge in [0.25, 0.3) is 11.7 Å². The summed E-state index contributed by atoms with van der Waals surface area (Å²) in [5, 5.41) is 18.1. The zero-order valence-corrected chi connectivity index (χ0v) is 8.11. The number of nitrogens with zero attached hydrogens (tertiary/aromatic N) is 2. The lowest BCUT2D eigenvalue weighted by molar-refractivity contribution is -0.391. The van der Waals surface area contributed by atoms with Crippen LogP contribution in [0.5, 0.6) is 5.75 Å². The van der Waals surface area contributed by atoms with E-state index in [0.717, 1.165) is 0 Å². The molecule has 0 atom stereocenters. The molecule has 0 spiro atoms. The number of aromatic hydroxyl groups is 1. The fourth-order valence-corrected chi connectivity index (χ4v) is 1.26. The third-order valence-corrected chi connectivity index (χ3v) is 1.85. The van der Waals surface area contributed by atoms with E-state index in [1.54, 1.807) is 0 Å². The molecule has 0 fully saturated rings. The van der Waals surface area contributed by atoms with Crippen molar-refractivity contribution in [2.75, 3.05) is 0 Å². The average molecular weight is 253 g/mol. The summed E-state index contributed by atoms with van der Waals surface area (Å²) in [7, 11) is 0. The van der Waals surface area contributed by atoms with Crippen molar-refractivity contribution >= 4 is 22.7 Å². The molecule has 1 aromatic heterocycles. The highest BCUT2D eigenvalue weighted by Gasteiger charge is 2.32. The second-order valence-corrected chi connectivity index (χ2v) is 2.93. The molecule has 1 aromatic rings. The minimum Gasteiger partial charge on any atom is -0.504 e. The van der Waals surface area contributed by atoms with Crippen molar-refractivity contribution in [1.29, 1.82) is 0 Å². The predicted octanol–water partition coefficient (Wildman–Crippen LogP) is 2.01. The Bertz CT molecular complexity index is 466. The van der Waals surface area contributed by atoms with Crippen LogP contribution in [0, 0.1) is 10.1 Å². The van der Waals surface area contributed by atoms with E-state index < -0.39 is 39.3 Å². The maximum atomic E-state index is 12.5. The first kappa shape index (κ1) is 12.2. The second-order valence-electron chi connectivity index (χ2n) is 2.59. The van der Waals surface area contributed by atoms with Crippen molar-refractivity contribution in [3.63, 3.8) is 0 Å². The maximum Gasteiger partial charge on any atom is 0.373 e. The summed E-state index contributed by atoms with van der Waals surface area (Å²) in [5.74, 6) is -2.14. The molecule has 1 rings (SSSR count). The first-order valence-electron chi connectivity index (χ1n) is 3.70. The molecule has 1 N–H and O–H groups in total. The zero-order valence-electron chi connectivity index (χ0n) is 7.35. The van der Waals surface area contributed by atoms with Crippen LogP contribution in [0.15, 0.2) is 6.20 Å². The minimum atomic E-state index is -3.35. The SMILES string of the molecule is O=C(Cl)c1c(O)cnc([N+](=O)[O-])c1C(F)F. The van der Waals surface area contributed by atoms with Crippen LogP contribution < -0.4 is 0 Å². The van der Waals surface area contributed by atoms with Gasteiger partial charge in [-0.15, -0.1) is 0 Å². The quantitative estimate of drug-likeness (QED) is 0.504. The summed E-state index contributed by atoms with van der Waals surface area (Å²) in [6, 6.07) is 0. The molecule has 0 aliphatic heterocycles. The normalized spacial score (nSPS) is 10.5. The lowest BCUT2D eigenvalue weighted by Gasteiger charge is -2.06. The standard InChI is InChI=1S/C7H3ClF2N2O4/c8-5(14)3-2(13)1-11-7(12(15)16)4(3)6(9)10/h1,6,13H. The second kappa shape index (κ2) is 4.35. The number of carbonyl (C=O) groups is 1. The summed E-state index contributed by atoms with van der Waals surface area (Å²) < 4.78 is 25.0. The van der Waals surface area contributed by atoms with Gasteiger partial charge in [0.2, 0.25) is 0 Å². The van der Waals surface area contributed by atoms with E-state index in [1.165, 1.54) is 0 Å². The van der Waals surface area contributed by atoms with E-state index in [-0.39, 0.29) is 0 Å². The number of hydrogen-bond acceptors (Lipinski definition) is 5. The number of aromatic nitrogens is 1. The molecule has 0 amide bonds. The van der Waals surface area contributed by atoms with Gasteiger partial charge in [-0.05, 0) is 21.5 Å². The van der Waals surface area contributed by atoms with Crippen molar-refractivity contribution in [1.82, 2.24) is 4.98 Å². The van der Waals surface area contributed by atoms with Gasteiger partial charge in [-0.1, -0.05) is 0 Å². The summed E-state index contributed by atoms with van der Waals surface area (Å²) in [6.07, 6.45) is -2.84. The van der Waals surface area contributed by atoms with Gasteiger partial charge in [-0.25, -0.2) is 8.78 Å². The molecule has 9 heteroatoms. The van der Waals surface area contributed by atoms with Crippen molar-refractivity contribution in [3.8, 4) is 5.75 Å². The number of halogens is 3. The highest BCUT2D eigenvalue weighted by molar-refractivity contribution is 6.68. The molecular formula is C7H3ClF2N2O4. The van der Waals surface area contributed by atoms with Crippen molar-refractivity contribution < 1.29 is 23.6 Å². The van der Waals surface area contributed by atoms with Crippen molar-refractivity contribution in [2.45, 2.75) is 6.43 Å². The highest BCUT2D eigenvalue weighted by atomic mass is 35.5. The van der Waals surface area contributed by atoms with Gasteiger partial charge < -0.3 is 15.2 Å². The van der Waals surface area contributed by atoms with Gasteiger partial charge in [-0.2, -0.15) is 0 Å². The third kappa shape index (κ3) is 2.06. The van der Waals surface area contributed by atoms with Crippen LogP contribution in [-0.4, -0.2) is 20.3 Å². The number of hydrogen-bond donors (Lipinski definition) is 1. The summed E-state index contributed by atoms with van der Waals surface area (Å²) in [6.45, 7) is 0. The lowest BCUT2D eigenvalue weighted by atomic mass is 10.1. The highest BCUT2D eigenvalue weighted by Crippen LogP contribution is 2.35. The molecule has 0 saturated heterocycles. The third-order valence-electron chi connectivity index (χ3n) is 1.66. The van der Waals surface area contributed by atoms with Gasteiger partial charge >= 0.3 is 5.82 Å². The van der Waals surface area contributed by atoms with E-state index in [1.807, 2.05) is 0 Å². The predicted molar refractivity (Wildman–Crippen MR) is 47.7 cm³/mol. The van der Waals surface area contributed by atoms with Gasteiger partial charge in [0, 0.05) is 0 Å². The van der Waals surface area contributed by atoms with Gasteiger partial charge in [0.1, 0.15) is 5.56 Å². The number of rotatable bonds is 3. The fraction of sp³-hybridized carbons (Fsp3) is 0.143. The zero-order chi connectivity index (χ0) is 12.5. The van der Waals surface area contributed by atoms with Crippen LogP contribution in [0.25, 0.3) is 0 Å². The molecule has 16 heavy (non-hydrogen) atoms. The number of carbonyl (C=O) groups excluding carboxylic acids is 1.